The lowest BCUT2D eigenvalue weighted by atomic mass is 10.4. The van der Waals surface area contributed by atoms with Crippen molar-refractivity contribution in [2.24, 2.45) is 0 Å². The largest absolute Gasteiger partial charge is 0.437 e. The molecule has 0 saturated heterocycles. The van der Waals surface area contributed by atoms with Gasteiger partial charge in [-0.3, -0.25) is 14.4 Å². The van der Waals surface area contributed by atoms with Gasteiger partial charge < -0.3 is 4.74 Å². The molecule has 0 radical (unpaired) electrons. The van der Waals surface area contributed by atoms with Gasteiger partial charge in [-0.1, -0.05) is 13.8 Å². The predicted octanol–water partition coefficient (Wildman–Crippen LogP) is 0.601. The Morgan fingerprint density at radius 3 is 2.60 bits per heavy atom. The maximum Gasteiger partial charge on any atom is 0.307 e. The maximum atomic E-state index is 11.4. The summed E-state index contributed by atoms with van der Waals surface area (Å²) in [4.78, 5) is 34.6. The smallest absolute Gasteiger partial charge is 0.307 e. The van der Waals surface area contributed by atoms with Crippen LogP contribution in [0.4, 0.5) is 0 Å². The summed E-state index contributed by atoms with van der Waals surface area (Å²) in [6.07, 6.45) is 2.20. The van der Waals surface area contributed by atoms with Gasteiger partial charge in [-0.15, -0.1) is 0 Å². The number of carbonyl (C=O) groups excluding carboxylic acids is 3. The first-order chi connectivity index (χ1) is 7.10. The number of hydrogen-bond donors (Lipinski definition) is 0. The number of esters is 1. The minimum absolute atomic E-state index is 0.202. The van der Waals surface area contributed by atoms with Crippen molar-refractivity contribution < 1.29 is 19.1 Å². The third kappa shape index (κ3) is 2.43. The van der Waals surface area contributed by atoms with Crippen LogP contribution in [0.25, 0.3) is 0 Å². The normalized spacial score (nSPS) is 19.5. The standard InChI is InChI=1S/C10H13NO4/c1-3-7(12)11-8(13)5-6-9(11)15-10(14)4-2/h5-6,9H,3-4H2,1-2H3/t9-/m1/s1. The molecule has 1 rings (SSSR count). The van der Waals surface area contributed by atoms with Crippen LogP contribution in [0.3, 0.4) is 0 Å². The van der Waals surface area contributed by atoms with Gasteiger partial charge in [0.05, 0.1) is 0 Å². The second-order valence-electron chi connectivity index (χ2n) is 3.05. The quantitative estimate of drug-likeness (QED) is 0.641. The topological polar surface area (TPSA) is 63.7 Å². The molecule has 0 bridgehead atoms. The molecule has 1 aliphatic rings. The third-order valence-electron chi connectivity index (χ3n) is 2.01. The van der Waals surface area contributed by atoms with Crippen molar-refractivity contribution in [2.45, 2.75) is 32.9 Å². The number of nitrogens with zero attached hydrogens (tertiary/aromatic N) is 1. The van der Waals surface area contributed by atoms with E-state index in [1.807, 2.05) is 0 Å². The van der Waals surface area contributed by atoms with Gasteiger partial charge in [0.25, 0.3) is 5.91 Å². The van der Waals surface area contributed by atoms with Crippen LogP contribution >= 0.6 is 0 Å². The molecule has 0 aromatic carbocycles. The van der Waals surface area contributed by atoms with E-state index >= 15 is 0 Å². The lowest BCUT2D eigenvalue weighted by Gasteiger charge is -2.21. The molecule has 0 aromatic heterocycles. The summed E-state index contributed by atoms with van der Waals surface area (Å²) >= 11 is 0. The zero-order chi connectivity index (χ0) is 11.4. The molecule has 5 heteroatoms. The summed E-state index contributed by atoms with van der Waals surface area (Å²) in [6, 6.07) is 0. The first-order valence-electron chi connectivity index (χ1n) is 4.83. The van der Waals surface area contributed by atoms with E-state index in [4.69, 9.17) is 4.74 Å². The third-order valence-corrected chi connectivity index (χ3v) is 2.01. The fourth-order valence-corrected chi connectivity index (χ4v) is 1.20. The van der Waals surface area contributed by atoms with E-state index in [0.717, 1.165) is 4.90 Å². The van der Waals surface area contributed by atoms with Crippen LogP contribution in [-0.2, 0) is 19.1 Å². The van der Waals surface area contributed by atoms with Gasteiger partial charge in [-0.2, -0.15) is 0 Å². The van der Waals surface area contributed by atoms with Crippen LogP contribution in [0.2, 0.25) is 0 Å². The van der Waals surface area contributed by atoms with E-state index in [0.29, 0.717) is 0 Å². The van der Waals surface area contributed by atoms with Gasteiger partial charge in [0, 0.05) is 18.9 Å². The minimum Gasteiger partial charge on any atom is -0.437 e. The molecule has 0 saturated carbocycles. The Kier molecular flexibility index (Phi) is 3.60. The van der Waals surface area contributed by atoms with Crippen LogP contribution in [-0.4, -0.2) is 28.9 Å². The van der Waals surface area contributed by atoms with Gasteiger partial charge in [0.1, 0.15) is 0 Å². The van der Waals surface area contributed by atoms with E-state index in [1.54, 1.807) is 13.8 Å². The van der Waals surface area contributed by atoms with Crippen LogP contribution in [0, 0.1) is 0 Å². The molecule has 0 unspecified atom stereocenters. The molecular formula is C10H13NO4. The second-order valence-corrected chi connectivity index (χ2v) is 3.05. The number of amides is 2. The monoisotopic (exact) mass is 211 g/mol. The van der Waals surface area contributed by atoms with Crippen molar-refractivity contribution >= 4 is 17.8 Å². The molecule has 0 fully saturated rings. The van der Waals surface area contributed by atoms with Gasteiger partial charge >= 0.3 is 5.97 Å². The van der Waals surface area contributed by atoms with Crippen molar-refractivity contribution in [3.8, 4) is 0 Å². The number of carbonyl (C=O) groups is 3. The molecular weight excluding hydrogens is 198 g/mol. The highest BCUT2D eigenvalue weighted by atomic mass is 16.6. The molecule has 0 N–H and O–H groups in total. The van der Waals surface area contributed by atoms with Gasteiger partial charge in [-0.25, -0.2) is 4.90 Å². The molecule has 0 aromatic rings. The maximum absolute atomic E-state index is 11.4. The van der Waals surface area contributed by atoms with Crippen LogP contribution < -0.4 is 0 Å². The molecule has 2 amide bonds. The van der Waals surface area contributed by atoms with E-state index < -0.39 is 18.1 Å². The summed E-state index contributed by atoms with van der Waals surface area (Å²) in [5.41, 5.74) is 0. The van der Waals surface area contributed by atoms with Crippen molar-refractivity contribution in [1.82, 2.24) is 4.90 Å². The van der Waals surface area contributed by atoms with E-state index in [2.05, 4.69) is 0 Å². The predicted molar refractivity (Wildman–Crippen MR) is 51.5 cm³/mol. The summed E-state index contributed by atoms with van der Waals surface area (Å²) in [5.74, 6) is -1.22. The Labute approximate surface area is 87.7 Å². The van der Waals surface area contributed by atoms with Crippen molar-refractivity contribution in [3.05, 3.63) is 12.2 Å². The molecule has 0 aliphatic carbocycles. The van der Waals surface area contributed by atoms with Crippen LogP contribution in [0.1, 0.15) is 26.7 Å². The first kappa shape index (κ1) is 11.4. The SMILES string of the molecule is CCC(=O)O[C@@H]1C=CC(=O)N1C(=O)CC. The number of imide groups is 1. The van der Waals surface area contributed by atoms with Crippen LogP contribution in [0.5, 0.6) is 0 Å². The summed E-state index contributed by atoms with van der Waals surface area (Å²) in [5, 5.41) is 0. The average Bonchev–Trinajstić information content (AvgIpc) is 2.58. The zero-order valence-electron chi connectivity index (χ0n) is 8.73. The molecule has 1 heterocycles. The van der Waals surface area contributed by atoms with Gasteiger partial charge in [0.2, 0.25) is 12.1 Å². The molecule has 5 nitrogen and oxygen atoms in total. The Balaban J connectivity index is 2.71. The molecule has 15 heavy (non-hydrogen) atoms. The summed E-state index contributed by atoms with van der Waals surface area (Å²) in [6.45, 7) is 3.29. The lowest BCUT2D eigenvalue weighted by Crippen LogP contribution is -2.41. The summed E-state index contributed by atoms with van der Waals surface area (Å²) in [7, 11) is 0. The zero-order valence-corrected chi connectivity index (χ0v) is 8.73. The Bertz CT molecular complexity index is 321. The van der Waals surface area contributed by atoms with E-state index in [1.165, 1.54) is 12.2 Å². The highest BCUT2D eigenvalue weighted by molar-refractivity contribution is 6.03. The van der Waals surface area contributed by atoms with Crippen molar-refractivity contribution in [2.75, 3.05) is 0 Å². The van der Waals surface area contributed by atoms with Crippen LogP contribution in [0.15, 0.2) is 12.2 Å². The molecule has 0 spiro atoms. The number of hydrogen-bond acceptors (Lipinski definition) is 4. The number of ether oxygens (including phenoxy) is 1. The average molecular weight is 211 g/mol. The highest BCUT2D eigenvalue weighted by Gasteiger charge is 2.32. The van der Waals surface area contributed by atoms with E-state index in [-0.39, 0.29) is 18.7 Å². The fourth-order valence-electron chi connectivity index (χ4n) is 1.20. The minimum atomic E-state index is -0.864. The fraction of sp³-hybridized carbons (Fsp3) is 0.500. The Morgan fingerprint density at radius 2 is 2.07 bits per heavy atom. The summed E-state index contributed by atoms with van der Waals surface area (Å²) < 4.78 is 4.92. The Hall–Kier alpha value is -1.65. The van der Waals surface area contributed by atoms with Gasteiger partial charge in [-0.05, 0) is 6.08 Å². The molecule has 82 valence electrons. The van der Waals surface area contributed by atoms with Gasteiger partial charge in [0.15, 0.2) is 0 Å². The second kappa shape index (κ2) is 4.72. The molecule has 1 atom stereocenters. The number of rotatable bonds is 3. The molecule has 1 aliphatic heterocycles. The highest BCUT2D eigenvalue weighted by Crippen LogP contribution is 2.14. The first-order valence-corrected chi connectivity index (χ1v) is 4.83. The lowest BCUT2D eigenvalue weighted by molar-refractivity contribution is -0.162. The van der Waals surface area contributed by atoms with E-state index in [9.17, 15) is 14.4 Å². The van der Waals surface area contributed by atoms with Crippen molar-refractivity contribution in [1.29, 1.82) is 0 Å². The Morgan fingerprint density at radius 1 is 1.40 bits per heavy atom. The van der Waals surface area contributed by atoms with Crippen molar-refractivity contribution in [3.63, 3.8) is 0 Å².